The molecule has 0 atom stereocenters. The van der Waals surface area contributed by atoms with Crippen molar-refractivity contribution in [3.8, 4) is 5.75 Å². The number of benzene rings is 2. The molecule has 0 aromatic heterocycles. The minimum absolute atomic E-state index is 0.321. The van der Waals surface area contributed by atoms with Crippen LogP contribution in [0.25, 0.3) is 0 Å². The third-order valence-electron chi connectivity index (χ3n) is 2.61. The second-order valence-electron chi connectivity index (χ2n) is 3.88. The van der Waals surface area contributed by atoms with Gasteiger partial charge in [-0.1, -0.05) is 45.2 Å². The number of ether oxygens (including phenoxy) is 1. The highest BCUT2D eigenvalue weighted by molar-refractivity contribution is 9.10. The molecule has 2 aromatic rings. The molecule has 0 unspecified atom stereocenters. The molecule has 0 heterocycles. The van der Waals surface area contributed by atoms with Crippen molar-refractivity contribution < 1.29 is 4.74 Å². The number of halogens is 4. The van der Waals surface area contributed by atoms with Gasteiger partial charge in [-0.3, -0.25) is 0 Å². The average Bonchev–Trinajstić information content (AvgIpc) is 2.40. The molecule has 0 fully saturated rings. The van der Waals surface area contributed by atoms with E-state index in [1.54, 1.807) is 18.2 Å². The molecule has 2 rings (SSSR count). The molecular weight excluding hydrogens is 370 g/mol. The van der Waals surface area contributed by atoms with Crippen LogP contribution in [0.1, 0.15) is 11.1 Å². The lowest BCUT2D eigenvalue weighted by atomic mass is 10.2. The Morgan fingerprint density at radius 1 is 1.05 bits per heavy atom. The molecule has 0 radical (unpaired) electrons. The van der Waals surface area contributed by atoms with Crippen molar-refractivity contribution in [1.29, 1.82) is 0 Å². The van der Waals surface area contributed by atoms with Crippen LogP contribution in [0.2, 0.25) is 10.0 Å². The van der Waals surface area contributed by atoms with Crippen molar-refractivity contribution in [2.75, 3.05) is 0 Å². The van der Waals surface area contributed by atoms with Gasteiger partial charge in [-0.25, -0.2) is 0 Å². The van der Waals surface area contributed by atoms with Crippen molar-refractivity contribution >= 4 is 50.7 Å². The van der Waals surface area contributed by atoms with Crippen LogP contribution in [0.5, 0.6) is 5.75 Å². The maximum atomic E-state index is 6.09. The van der Waals surface area contributed by atoms with Gasteiger partial charge < -0.3 is 4.74 Å². The molecule has 0 aliphatic heterocycles. The van der Waals surface area contributed by atoms with Crippen molar-refractivity contribution in [1.82, 2.24) is 0 Å². The van der Waals surface area contributed by atoms with Crippen LogP contribution in [0.3, 0.4) is 0 Å². The fourth-order valence-electron chi connectivity index (χ4n) is 1.57. The maximum Gasteiger partial charge on any atom is 0.120 e. The summed E-state index contributed by atoms with van der Waals surface area (Å²) in [5.74, 6) is 1.15. The standard InChI is InChI=1S/C14H10BrCl3O/c15-12-5-4-10(6-9(12)7-16)19-8-11-13(17)2-1-3-14(11)18/h1-6H,7-8H2. The minimum Gasteiger partial charge on any atom is -0.489 e. The average molecular weight is 380 g/mol. The van der Waals surface area contributed by atoms with E-state index in [0.717, 1.165) is 21.3 Å². The quantitative estimate of drug-likeness (QED) is 0.585. The molecule has 19 heavy (non-hydrogen) atoms. The highest BCUT2D eigenvalue weighted by Gasteiger charge is 2.07. The Hall–Kier alpha value is -0.410. The molecule has 0 N–H and O–H groups in total. The van der Waals surface area contributed by atoms with Crippen molar-refractivity contribution in [2.45, 2.75) is 12.5 Å². The maximum absolute atomic E-state index is 6.09. The second kappa shape index (κ2) is 6.85. The Bertz CT molecular complexity index is 567. The van der Waals surface area contributed by atoms with Gasteiger partial charge in [-0.05, 0) is 35.9 Å². The number of hydrogen-bond donors (Lipinski definition) is 0. The molecule has 0 aliphatic rings. The van der Waals surface area contributed by atoms with Gasteiger partial charge in [0.1, 0.15) is 12.4 Å². The Kier molecular flexibility index (Phi) is 5.40. The predicted molar refractivity (Wildman–Crippen MR) is 84.5 cm³/mol. The summed E-state index contributed by atoms with van der Waals surface area (Å²) < 4.78 is 6.67. The third-order valence-corrected chi connectivity index (χ3v) is 4.38. The first-order valence-corrected chi connectivity index (χ1v) is 7.60. The summed E-state index contributed by atoms with van der Waals surface area (Å²) in [6, 6.07) is 11.0. The normalized spacial score (nSPS) is 10.5. The van der Waals surface area contributed by atoms with Gasteiger partial charge in [0.15, 0.2) is 0 Å². The predicted octanol–water partition coefficient (Wildman–Crippen LogP) is 6.07. The Morgan fingerprint density at radius 3 is 2.37 bits per heavy atom. The van der Waals surface area contributed by atoms with Crippen LogP contribution in [0.4, 0.5) is 0 Å². The largest absolute Gasteiger partial charge is 0.489 e. The van der Waals surface area contributed by atoms with Gasteiger partial charge in [0.05, 0.1) is 0 Å². The van der Waals surface area contributed by atoms with Gasteiger partial charge >= 0.3 is 0 Å². The highest BCUT2D eigenvalue weighted by Crippen LogP contribution is 2.28. The zero-order valence-electron chi connectivity index (χ0n) is 9.80. The van der Waals surface area contributed by atoms with Crippen LogP contribution in [0, 0.1) is 0 Å². The third kappa shape index (κ3) is 3.79. The molecule has 0 spiro atoms. The number of alkyl halides is 1. The van der Waals surface area contributed by atoms with Gasteiger partial charge in [0.2, 0.25) is 0 Å². The van der Waals surface area contributed by atoms with Crippen molar-refractivity contribution in [3.63, 3.8) is 0 Å². The number of hydrogen-bond acceptors (Lipinski definition) is 1. The van der Waals surface area contributed by atoms with Crippen LogP contribution >= 0.6 is 50.7 Å². The van der Waals surface area contributed by atoms with Crippen LogP contribution in [-0.4, -0.2) is 0 Å². The minimum atomic E-state index is 0.321. The second-order valence-corrected chi connectivity index (χ2v) is 5.81. The summed E-state index contributed by atoms with van der Waals surface area (Å²) in [5.41, 5.74) is 1.76. The highest BCUT2D eigenvalue weighted by atomic mass is 79.9. The molecule has 0 saturated carbocycles. The summed E-state index contributed by atoms with van der Waals surface area (Å²) in [4.78, 5) is 0. The lowest BCUT2D eigenvalue weighted by Crippen LogP contribution is -1.98. The summed E-state index contributed by atoms with van der Waals surface area (Å²) in [5, 5.41) is 1.20. The first-order valence-electron chi connectivity index (χ1n) is 5.52. The Morgan fingerprint density at radius 2 is 1.74 bits per heavy atom. The van der Waals surface area contributed by atoms with E-state index in [9.17, 15) is 0 Å². The summed E-state index contributed by atoms with van der Waals surface area (Å²) in [7, 11) is 0. The lowest BCUT2D eigenvalue weighted by molar-refractivity contribution is 0.306. The van der Waals surface area contributed by atoms with Crippen molar-refractivity contribution in [3.05, 3.63) is 62.0 Å². The first-order chi connectivity index (χ1) is 9.11. The monoisotopic (exact) mass is 378 g/mol. The van der Waals surface area contributed by atoms with E-state index in [2.05, 4.69) is 15.9 Å². The van der Waals surface area contributed by atoms with Gasteiger partial charge in [0.25, 0.3) is 0 Å². The zero-order valence-corrected chi connectivity index (χ0v) is 13.7. The van der Waals surface area contributed by atoms with E-state index in [-0.39, 0.29) is 0 Å². The van der Waals surface area contributed by atoms with Gasteiger partial charge in [-0.2, -0.15) is 0 Å². The molecule has 100 valence electrons. The van der Waals surface area contributed by atoms with E-state index in [0.29, 0.717) is 22.5 Å². The fraction of sp³-hybridized carbons (Fsp3) is 0.143. The van der Waals surface area contributed by atoms with E-state index in [1.807, 2.05) is 18.2 Å². The Labute approximate surface area is 135 Å². The fourth-order valence-corrected chi connectivity index (χ4v) is 2.84. The SMILES string of the molecule is ClCc1cc(OCc2c(Cl)cccc2Cl)ccc1Br. The van der Waals surface area contributed by atoms with Gasteiger partial charge in [0, 0.05) is 26.0 Å². The molecule has 1 nitrogen and oxygen atoms in total. The molecule has 0 amide bonds. The van der Waals surface area contributed by atoms with Crippen LogP contribution in [-0.2, 0) is 12.5 Å². The van der Waals surface area contributed by atoms with Crippen LogP contribution in [0.15, 0.2) is 40.9 Å². The summed E-state index contributed by atoms with van der Waals surface area (Å²) in [6.45, 7) is 0.321. The zero-order chi connectivity index (χ0) is 13.8. The van der Waals surface area contributed by atoms with Crippen molar-refractivity contribution in [2.24, 2.45) is 0 Å². The van der Waals surface area contributed by atoms with E-state index in [1.165, 1.54) is 0 Å². The first kappa shape index (κ1) is 15.0. The van der Waals surface area contributed by atoms with E-state index >= 15 is 0 Å². The molecule has 5 heteroatoms. The molecule has 0 saturated heterocycles. The molecule has 0 bridgehead atoms. The molecular formula is C14H10BrCl3O. The lowest BCUT2D eigenvalue weighted by Gasteiger charge is -2.10. The smallest absolute Gasteiger partial charge is 0.120 e. The Balaban J connectivity index is 2.15. The molecule has 2 aromatic carbocycles. The van der Waals surface area contributed by atoms with Crippen LogP contribution < -0.4 is 4.74 Å². The number of rotatable bonds is 4. The van der Waals surface area contributed by atoms with E-state index in [4.69, 9.17) is 39.5 Å². The summed E-state index contributed by atoms with van der Waals surface area (Å²) in [6.07, 6.45) is 0. The topological polar surface area (TPSA) is 9.23 Å². The van der Waals surface area contributed by atoms with Gasteiger partial charge in [-0.15, -0.1) is 11.6 Å². The molecule has 0 aliphatic carbocycles. The summed E-state index contributed by atoms with van der Waals surface area (Å²) >= 11 is 21.4. The van der Waals surface area contributed by atoms with E-state index < -0.39 is 0 Å².